The molecule has 4 nitrogen and oxygen atoms in total. The molecule has 1 heterocycles. The number of nitrogens with two attached hydrogens (primary N) is 1. The van der Waals surface area contributed by atoms with Crippen LogP contribution < -0.4 is 5.73 Å². The van der Waals surface area contributed by atoms with Gasteiger partial charge in [0.2, 0.25) is 5.95 Å². The predicted octanol–water partition coefficient (Wildman–Crippen LogP) is 1.72. The summed E-state index contributed by atoms with van der Waals surface area (Å²) in [6.45, 7) is 0. The summed E-state index contributed by atoms with van der Waals surface area (Å²) >= 11 is 5.99. The largest absolute Gasteiger partial charge is 0.368 e. The average Bonchev–Trinajstić information content (AvgIpc) is 2.48. The van der Waals surface area contributed by atoms with E-state index in [1.165, 1.54) is 4.68 Å². The third-order valence-corrected chi connectivity index (χ3v) is 2.24. The van der Waals surface area contributed by atoms with Crippen LogP contribution in [-0.4, -0.2) is 14.8 Å². The Morgan fingerprint density at radius 3 is 2.64 bits per heavy atom. The summed E-state index contributed by atoms with van der Waals surface area (Å²) in [6.07, 6.45) is 0. The van der Waals surface area contributed by atoms with Gasteiger partial charge in [-0.15, -0.1) is 5.10 Å². The lowest BCUT2D eigenvalue weighted by Crippen LogP contribution is -1.97. The molecular formula is C9H9ClN4. The van der Waals surface area contributed by atoms with Crippen molar-refractivity contribution < 1.29 is 0 Å². The van der Waals surface area contributed by atoms with Crippen molar-refractivity contribution in [3.05, 3.63) is 29.3 Å². The number of aryl methyl sites for hydroxylation is 1. The summed E-state index contributed by atoms with van der Waals surface area (Å²) in [6, 6.07) is 7.40. The van der Waals surface area contributed by atoms with Crippen molar-refractivity contribution in [2.45, 2.75) is 0 Å². The second-order valence-corrected chi connectivity index (χ2v) is 3.30. The van der Waals surface area contributed by atoms with Crippen LogP contribution in [0.4, 0.5) is 5.95 Å². The minimum Gasteiger partial charge on any atom is -0.368 e. The summed E-state index contributed by atoms with van der Waals surface area (Å²) < 4.78 is 1.51. The fourth-order valence-corrected chi connectivity index (χ4v) is 1.37. The topological polar surface area (TPSA) is 56.7 Å². The maximum Gasteiger partial charge on any atom is 0.218 e. The van der Waals surface area contributed by atoms with Crippen molar-refractivity contribution in [2.24, 2.45) is 7.05 Å². The molecule has 0 bridgehead atoms. The molecule has 0 amide bonds. The van der Waals surface area contributed by atoms with Crippen molar-refractivity contribution >= 4 is 17.5 Å². The fraction of sp³-hybridized carbons (Fsp3) is 0.111. The van der Waals surface area contributed by atoms with Crippen molar-refractivity contribution in [2.75, 3.05) is 5.73 Å². The molecule has 0 aliphatic rings. The SMILES string of the molecule is Cn1nc(-c2ccccc2Cl)nc1N. The van der Waals surface area contributed by atoms with Gasteiger partial charge in [-0.05, 0) is 12.1 Å². The van der Waals surface area contributed by atoms with E-state index in [0.29, 0.717) is 16.8 Å². The van der Waals surface area contributed by atoms with E-state index in [-0.39, 0.29) is 0 Å². The highest BCUT2D eigenvalue weighted by Crippen LogP contribution is 2.24. The van der Waals surface area contributed by atoms with Gasteiger partial charge in [0.25, 0.3) is 0 Å². The number of aromatic nitrogens is 3. The van der Waals surface area contributed by atoms with E-state index in [0.717, 1.165) is 5.56 Å². The number of hydrogen-bond donors (Lipinski definition) is 1. The predicted molar refractivity (Wildman–Crippen MR) is 55.9 cm³/mol. The summed E-state index contributed by atoms with van der Waals surface area (Å²) in [5.74, 6) is 0.926. The van der Waals surface area contributed by atoms with Gasteiger partial charge in [-0.25, -0.2) is 4.68 Å². The number of nitrogens with zero attached hydrogens (tertiary/aromatic N) is 3. The standard InChI is InChI=1S/C9H9ClN4/c1-14-9(11)12-8(13-14)6-4-2-3-5-7(6)10/h2-5H,1H3,(H2,11,12,13). The van der Waals surface area contributed by atoms with Crippen LogP contribution >= 0.6 is 11.6 Å². The molecule has 0 spiro atoms. The average molecular weight is 209 g/mol. The Labute approximate surface area is 86.3 Å². The highest BCUT2D eigenvalue weighted by atomic mass is 35.5. The summed E-state index contributed by atoms with van der Waals surface area (Å²) in [5.41, 5.74) is 6.37. The van der Waals surface area contributed by atoms with Gasteiger partial charge in [0.15, 0.2) is 5.82 Å². The van der Waals surface area contributed by atoms with Crippen LogP contribution in [-0.2, 0) is 7.05 Å². The molecule has 0 fully saturated rings. The van der Waals surface area contributed by atoms with Crippen LogP contribution in [0.3, 0.4) is 0 Å². The second-order valence-electron chi connectivity index (χ2n) is 2.90. The van der Waals surface area contributed by atoms with Crippen molar-refractivity contribution in [3.63, 3.8) is 0 Å². The minimum atomic E-state index is 0.375. The molecule has 0 saturated carbocycles. The number of rotatable bonds is 1. The summed E-state index contributed by atoms with van der Waals surface area (Å²) in [5, 5.41) is 4.76. The zero-order chi connectivity index (χ0) is 10.1. The molecule has 0 saturated heterocycles. The van der Waals surface area contributed by atoms with Crippen LogP contribution in [0.5, 0.6) is 0 Å². The number of nitrogen functional groups attached to an aromatic ring is 1. The van der Waals surface area contributed by atoms with Crippen LogP contribution in [0.15, 0.2) is 24.3 Å². The van der Waals surface area contributed by atoms with E-state index >= 15 is 0 Å². The molecular weight excluding hydrogens is 200 g/mol. The Balaban J connectivity index is 2.55. The van der Waals surface area contributed by atoms with Gasteiger partial charge in [0.05, 0.1) is 5.02 Å². The molecule has 1 aromatic heterocycles. The van der Waals surface area contributed by atoms with E-state index < -0.39 is 0 Å². The second kappa shape index (κ2) is 3.31. The number of hydrogen-bond acceptors (Lipinski definition) is 3. The van der Waals surface area contributed by atoms with Crippen LogP contribution in [0.1, 0.15) is 0 Å². The maximum atomic E-state index is 5.99. The molecule has 2 rings (SSSR count). The van der Waals surface area contributed by atoms with Crippen LogP contribution in [0, 0.1) is 0 Å². The summed E-state index contributed by atoms with van der Waals surface area (Å²) in [4.78, 5) is 4.09. The lowest BCUT2D eigenvalue weighted by atomic mass is 10.2. The molecule has 0 unspecified atom stereocenters. The molecule has 1 aromatic carbocycles. The van der Waals surface area contributed by atoms with Gasteiger partial charge in [0.1, 0.15) is 0 Å². The van der Waals surface area contributed by atoms with E-state index in [1.807, 2.05) is 18.2 Å². The van der Waals surface area contributed by atoms with Gasteiger partial charge in [0, 0.05) is 12.6 Å². The van der Waals surface area contributed by atoms with Crippen molar-refractivity contribution in [1.82, 2.24) is 14.8 Å². The smallest absolute Gasteiger partial charge is 0.218 e. The maximum absolute atomic E-state index is 5.99. The lowest BCUT2D eigenvalue weighted by molar-refractivity contribution is 0.781. The number of anilines is 1. The third-order valence-electron chi connectivity index (χ3n) is 1.91. The third kappa shape index (κ3) is 1.44. The molecule has 5 heteroatoms. The number of benzene rings is 1. The van der Waals surface area contributed by atoms with E-state index in [9.17, 15) is 0 Å². The van der Waals surface area contributed by atoms with Gasteiger partial charge >= 0.3 is 0 Å². The quantitative estimate of drug-likeness (QED) is 0.777. The van der Waals surface area contributed by atoms with Crippen molar-refractivity contribution in [3.8, 4) is 11.4 Å². The first-order chi connectivity index (χ1) is 6.68. The fourth-order valence-electron chi connectivity index (χ4n) is 1.15. The Bertz CT molecular complexity index is 444. The van der Waals surface area contributed by atoms with E-state index in [4.69, 9.17) is 17.3 Å². The molecule has 0 radical (unpaired) electrons. The first-order valence-electron chi connectivity index (χ1n) is 4.10. The Hall–Kier alpha value is -1.55. The molecule has 14 heavy (non-hydrogen) atoms. The Morgan fingerprint density at radius 2 is 2.07 bits per heavy atom. The minimum absolute atomic E-state index is 0.375. The molecule has 0 atom stereocenters. The highest BCUT2D eigenvalue weighted by molar-refractivity contribution is 6.33. The number of halogens is 1. The normalized spacial score (nSPS) is 10.4. The zero-order valence-corrected chi connectivity index (χ0v) is 8.36. The van der Waals surface area contributed by atoms with Crippen LogP contribution in [0.2, 0.25) is 5.02 Å². The molecule has 0 aliphatic carbocycles. The van der Waals surface area contributed by atoms with Gasteiger partial charge in [-0.2, -0.15) is 4.98 Å². The first-order valence-corrected chi connectivity index (χ1v) is 4.47. The van der Waals surface area contributed by atoms with Crippen LogP contribution in [0.25, 0.3) is 11.4 Å². The van der Waals surface area contributed by atoms with Gasteiger partial charge in [-0.1, -0.05) is 23.7 Å². The molecule has 2 N–H and O–H groups in total. The molecule has 0 aliphatic heterocycles. The Kier molecular flexibility index (Phi) is 2.13. The monoisotopic (exact) mass is 208 g/mol. The first kappa shape index (κ1) is 9.02. The molecule has 2 aromatic rings. The zero-order valence-electron chi connectivity index (χ0n) is 7.61. The van der Waals surface area contributed by atoms with E-state index in [2.05, 4.69) is 10.1 Å². The Morgan fingerprint density at radius 1 is 1.36 bits per heavy atom. The van der Waals surface area contributed by atoms with Gasteiger partial charge in [-0.3, -0.25) is 0 Å². The lowest BCUT2D eigenvalue weighted by Gasteiger charge is -1.96. The van der Waals surface area contributed by atoms with Crippen molar-refractivity contribution in [1.29, 1.82) is 0 Å². The van der Waals surface area contributed by atoms with E-state index in [1.54, 1.807) is 13.1 Å². The summed E-state index contributed by atoms with van der Waals surface area (Å²) in [7, 11) is 1.74. The highest BCUT2D eigenvalue weighted by Gasteiger charge is 2.09. The molecule has 72 valence electrons. The van der Waals surface area contributed by atoms with Gasteiger partial charge < -0.3 is 5.73 Å².